The minimum atomic E-state index is -1.03. The van der Waals surface area contributed by atoms with Gasteiger partial charge in [-0.15, -0.1) is 0 Å². The van der Waals surface area contributed by atoms with Gasteiger partial charge in [-0.1, -0.05) is 88.8 Å². The maximum Gasteiger partial charge on any atom is 0.201 e. The summed E-state index contributed by atoms with van der Waals surface area (Å²) in [6, 6.07) is 12.5. The van der Waals surface area contributed by atoms with Gasteiger partial charge in [-0.2, -0.15) is 4.39 Å². The largest absolute Gasteiger partial charge is 0.490 e. The van der Waals surface area contributed by atoms with Crippen molar-refractivity contribution in [3.8, 4) is 28.0 Å². The predicted molar refractivity (Wildman–Crippen MR) is 153 cm³/mol. The van der Waals surface area contributed by atoms with E-state index >= 15 is 8.78 Å². The minimum absolute atomic E-state index is 0.0784. The molecule has 1 fully saturated rings. The van der Waals surface area contributed by atoms with Crippen LogP contribution in [-0.4, -0.2) is 19.3 Å². The van der Waals surface area contributed by atoms with Gasteiger partial charge in [-0.25, -0.2) is 13.2 Å². The fraction of sp³-hybridized carbons (Fsp3) is 0.471. The molecule has 1 saturated heterocycles. The molecular formula is C34H40F4O2. The third kappa shape index (κ3) is 7.25. The Morgan fingerprint density at radius 2 is 1.30 bits per heavy atom. The number of hydrogen-bond acceptors (Lipinski definition) is 2. The van der Waals surface area contributed by atoms with Gasteiger partial charge in [-0.3, -0.25) is 0 Å². The molecule has 0 saturated carbocycles. The standard InChI is InChI=1S/C34H40F4O2/c1-3-5-7-9-21-39-30-20-19-28(33(37)34(30)38)24-13-11-23(12-14-24)27-17-18-29(32(36)31(27)35)25-15-16-26(40-22-25)10-8-6-4-2/h11-14,17-20,25-26H,3-10,15-16,21-22H2,1-2H3. The van der Waals surface area contributed by atoms with Crippen LogP contribution in [-0.2, 0) is 4.74 Å². The second kappa shape index (κ2) is 14.7. The number of hydrogen-bond donors (Lipinski definition) is 0. The SMILES string of the molecule is CCCCCCOc1ccc(-c2ccc(-c3ccc(C4CCC(CCCCC)OC4)c(F)c3F)cc2)c(F)c1F. The van der Waals surface area contributed by atoms with Crippen LogP contribution < -0.4 is 4.74 Å². The minimum Gasteiger partial charge on any atom is -0.490 e. The molecule has 0 N–H and O–H groups in total. The molecule has 1 aliphatic heterocycles. The number of rotatable bonds is 13. The molecule has 0 radical (unpaired) electrons. The Morgan fingerprint density at radius 3 is 1.93 bits per heavy atom. The van der Waals surface area contributed by atoms with Crippen molar-refractivity contribution in [3.63, 3.8) is 0 Å². The average Bonchev–Trinajstić information content (AvgIpc) is 2.97. The highest BCUT2D eigenvalue weighted by Gasteiger charge is 2.27. The van der Waals surface area contributed by atoms with Crippen molar-refractivity contribution in [2.24, 2.45) is 0 Å². The van der Waals surface area contributed by atoms with Crippen molar-refractivity contribution in [1.29, 1.82) is 0 Å². The van der Waals surface area contributed by atoms with Gasteiger partial charge in [0.05, 0.1) is 19.3 Å². The summed E-state index contributed by atoms with van der Waals surface area (Å²) in [5.41, 5.74) is 1.43. The average molecular weight is 557 g/mol. The second-order valence-corrected chi connectivity index (χ2v) is 10.8. The van der Waals surface area contributed by atoms with Crippen LogP contribution >= 0.6 is 0 Å². The zero-order valence-corrected chi connectivity index (χ0v) is 23.6. The Balaban J connectivity index is 1.43. The first-order valence-corrected chi connectivity index (χ1v) is 14.8. The van der Waals surface area contributed by atoms with Crippen LogP contribution in [0.25, 0.3) is 22.3 Å². The number of ether oxygens (including phenoxy) is 2. The van der Waals surface area contributed by atoms with Crippen molar-refractivity contribution >= 4 is 0 Å². The van der Waals surface area contributed by atoms with Crippen LogP contribution in [0.2, 0.25) is 0 Å². The smallest absolute Gasteiger partial charge is 0.201 e. The summed E-state index contributed by atoms with van der Waals surface area (Å²) < 4.78 is 71.3. The van der Waals surface area contributed by atoms with Crippen LogP contribution in [0, 0.1) is 23.3 Å². The molecule has 0 spiro atoms. The third-order valence-electron chi connectivity index (χ3n) is 7.86. The molecule has 4 rings (SSSR count). The second-order valence-electron chi connectivity index (χ2n) is 10.8. The van der Waals surface area contributed by atoms with Gasteiger partial charge in [0, 0.05) is 17.0 Å². The summed E-state index contributed by atoms with van der Waals surface area (Å²) in [6.07, 6.45) is 10.2. The molecule has 0 aromatic heterocycles. The Morgan fingerprint density at radius 1 is 0.675 bits per heavy atom. The number of halogens is 4. The van der Waals surface area contributed by atoms with E-state index in [-0.39, 0.29) is 28.9 Å². The quantitative estimate of drug-likeness (QED) is 0.154. The summed E-state index contributed by atoms with van der Waals surface area (Å²) in [7, 11) is 0. The van der Waals surface area contributed by atoms with Crippen molar-refractivity contribution < 1.29 is 27.0 Å². The highest BCUT2D eigenvalue weighted by atomic mass is 19.2. The topological polar surface area (TPSA) is 18.5 Å². The molecule has 2 atom stereocenters. The van der Waals surface area contributed by atoms with Crippen molar-refractivity contribution in [1.82, 2.24) is 0 Å². The third-order valence-corrected chi connectivity index (χ3v) is 7.86. The molecule has 3 aromatic carbocycles. The van der Waals surface area contributed by atoms with Gasteiger partial charge in [0.25, 0.3) is 0 Å². The zero-order chi connectivity index (χ0) is 28.5. The molecule has 0 bridgehead atoms. The lowest BCUT2D eigenvalue weighted by atomic mass is 9.88. The molecule has 0 aliphatic carbocycles. The van der Waals surface area contributed by atoms with Crippen LogP contribution in [0.5, 0.6) is 5.75 Å². The summed E-state index contributed by atoms with van der Waals surface area (Å²) in [5.74, 6) is -4.06. The highest BCUT2D eigenvalue weighted by Crippen LogP contribution is 2.36. The Labute approximate surface area is 235 Å². The molecule has 6 heteroatoms. The monoisotopic (exact) mass is 556 g/mol. The lowest BCUT2D eigenvalue weighted by Crippen LogP contribution is -2.25. The van der Waals surface area contributed by atoms with E-state index in [2.05, 4.69) is 13.8 Å². The summed E-state index contributed by atoms with van der Waals surface area (Å²) in [5, 5.41) is 0. The van der Waals surface area contributed by atoms with Gasteiger partial charge >= 0.3 is 0 Å². The maximum absolute atomic E-state index is 15.2. The zero-order valence-electron chi connectivity index (χ0n) is 23.6. The van der Waals surface area contributed by atoms with Crippen molar-refractivity contribution in [2.45, 2.75) is 90.1 Å². The van der Waals surface area contributed by atoms with E-state index < -0.39 is 23.3 Å². The Hall–Kier alpha value is -2.86. The summed E-state index contributed by atoms with van der Waals surface area (Å²) in [4.78, 5) is 0. The molecule has 2 nitrogen and oxygen atoms in total. The highest BCUT2D eigenvalue weighted by molar-refractivity contribution is 5.72. The van der Waals surface area contributed by atoms with E-state index in [1.165, 1.54) is 18.6 Å². The first-order valence-electron chi connectivity index (χ1n) is 14.8. The molecule has 216 valence electrons. The van der Waals surface area contributed by atoms with Gasteiger partial charge in [-0.05, 0) is 54.5 Å². The van der Waals surface area contributed by atoms with E-state index in [0.29, 0.717) is 29.9 Å². The normalized spacial score (nSPS) is 17.2. The van der Waals surface area contributed by atoms with Gasteiger partial charge in [0.15, 0.2) is 23.2 Å². The Bertz CT molecular complexity index is 1230. The van der Waals surface area contributed by atoms with Crippen LogP contribution in [0.1, 0.15) is 89.5 Å². The lowest BCUT2D eigenvalue weighted by molar-refractivity contribution is -0.00277. The van der Waals surface area contributed by atoms with Gasteiger partial charge < -0.3 is 9.47 Å². The lowest BCUT2D eigenvalue weighted by Gasteiger charge is -2.29. The fourth-order valence-electron chi connectivity index (χ4n) is 5.41. The van der Waals surface area contributed by atoms with Gasteiger partial charge in [0.2, 0.25) is 5.82 Å². The van der Waals surface area contributed by atoms with Crippen LogP contribution in [0.15, 0.2) is 48.5 Å². The first kappa shape index (κ1) is 30.1. The molecule has 3 aromatic rings. The van der Waals surface area contributed by atoms with E-state index in [4.69, 9.17) is 9.47 Å². The number of benzene rings is 3. The van der Waals surface area contributed by atoms with Crippen LogP contribution in [0.4, 0.5) is 17.6 Å². The van der Waals surface area contributed by atoms with Crippen molar-refractivity contribution in [3.05, 3.63) is 77.4 Å². The van der Waals surface area contributed by atoms with E-state index in [0.717, 1.165) is 57.8 Å². The van der Waals surface area contributed by atoms with E-state index in [1.54, 1.807) is 36.4 Å². The van der Waals surface area contributed by atoms with Gasteiger partial charge in [0.1, 0.15) is 0 Å². The molecular weight excluding hydrogens is 516 g/mol. The van der Waals surface area contributed by atoms with E-state index in [9.17, 15) is 8.78 Å². The molecule has 1 aliphatic rings. The molecule has 40 heavy (non-hydrogen) atoms. The summed E-state index contributed by atoms with van der Waals surface area (Å²) in [6.45, 7) is 4.99. The number of unbranched alkanes of at least 4 members (excludes halogenated alkanes) is 5. The molecule has 0 amide bonds. The summed E-state index contributed by atoms with van der Waals surface area (Å²) >= 11 is 0. The molecule has 2 unspecified atom stereocenters. The first-order chi connectivity index (χ1) is 19.4. The van der Waals surface area contributed by atoms with Crippen molar-refractivity contribution in [2.75, 3.05) is 13.2 Å². The maximum atomic E-state index is 15.2. The van der Waals surface area contributed by atoms with E-state index in [1.807, 2.05) is 0 Å². The van der Waals surface area contributed by atoms with Crippen LogP contribution in [0.3, 0.4) is 0 Å². The fourth-order valence-corrected chi connectivity index (χ4v) is 5.41. The Kier molecular flexibility index (Phi) is 11.0. The molecule has 1 heterocycles. The predicted octanol–water partition coefficient (Wildman–Crippen LogP) is 10.4.